The van der Waals surface area contributed by atoms with Crippen LogP contribution in [0, 0.1) is 0 Å². The largest absolute Gasteiger partial charge is 0.462 e. The van der Waals surface area contributed by atoms with Crippen molar-refractivity contribution in [3.8, 4) is 10.8 Å². The number of nitrogens with zero attached hydrogens (tertiary/aromatic N) is 2. The first-order valence-electron chi connectivity index (χ1n) is 7.72. The maximum absolute atomic E-state index is 5.42. The molecule has 23 heavy (non-hydrogen) atoms. The van der Waals surface area contributed by atoms with Gasteiger partial charge in [0.2, 0.25) is 0 Å². The fraction of sp³-hybridized carbons (Fsp3) is 0.562. The molecule has 0 radical (unpaired) electrons. The first kappa shape index (κ1) is 18.7. The van der Waals surface area contributed by atoms with E-state index in [-0.39, 0.29) is 24.8 Å². The lowest BCUT2D eigenvalue weighted by Gasteiger charge is -2.35. The molecule has 0 amide bonds. The monoisotopic (exact) mass is 375 g/mol. The number of rotatable bonds is 4. The Morgan fingerprint density at radius 1 is 1.30 bits per heavy atom. The maximum atomic E-state index is 5.42. The Kier molecular flexibility index (Phi) is 6.51. The molecule has 128 valence electrons. The average Bonchev–Trinajstić information content (AvgIpc) is 3.20. The van der Waals surface area contributed by atoms with E-state index in [1.807, 2.05) is 12.1 Å². The van der Waals surface area contributed by atoms with Gasteiger partial charge in [0.1, 0.15) is 0 Å². The summed E-state index contributed by atoms with van der Waals surface area (Å²) < 4.78 is 5.42. The molecular weight excluding hydrogens is 353 g/mol. The smallest absolute Gasteiger partial charge is 0.162 e. The lowest BCUT2D eigenvalue weighted by atomic mass is 9.98. The van der Waals surface area contributed by atoms with Gasteiger partial charge in [-0.15, -0.1) is 36.2 Å². The highest BCUT2D eigenvalue weighted by Crippen LogP contribution is 2.30. The number of hydrogen-bond donors (Lipinski definition) is 1. The maximum Gasteiger partial charge on any atom is 0.162 e. The molecule has 2 atom stereocenters. The molecule has 0 aliphatic carbocycles. The summed E-state index contributed by atoms with van der Waals surface area (Å²) >= 11 is 1.67. The minimum atomic E-state index is 0. The Balaban J connectivity index is 0.000000960. The summed E-state index contributed by atoms with van der Waals surface area (Å²) in [5.74, 6) is 0.869. The topological polar surface area (TPSA) is 41.3 Å². The van der Waals surface area contributed by atoms with Crippen molar-refractivity contribution in [2.24, 2.45) is 0 Å². The highest BCUT2D eigenvalue weighted by molar-refractivity contribution is 7.13. The number of furan rings is 1. The number of piperidine rings is 1. The molecule has 2 fully saturated rings. The van der Waals surface area contributed by atoms with Crippen molar-refractivity contribution >= 4 is 36.2 Å². The van der Waals surface area contributed by atoms with E-state index in [1.54, 1.807) is 17.6 Å². The minimum absolute atomic E-state index is 0. The molecule has 2 aliphatic heterocycles. The predicted molar refractivity (Wildman–Crippen MR) is 98.7 cm³/mol. The van der Waals surface area contributed by atoms with Gasteiger partial charge in [0, 0.05) is 30.1 Å². The van der Waals surface area contributed by atoms with Crippen molar-refractivity contribution in [2.75, 3.05) is 7.05 Å². The van der Waals surface area contributed by atoms with Crippen LogP contribution in [0.3, 0.4) is 0 Å². The van der Waals surface area contributed by atoms with Crippen molar-refractivity contribution in [3.63, 3.8) is 0 Å². The van der Waals surface area contributed by atoms with E-state index in [1.165, 1.54) is 25.7 Å². The number of thiazole rings is 1. The molecule has 4 rings (SSSR count). The summed E-state index contributed by atoms with van der Waals surface area (Å²) in [6.07, 6.45) is 6.97. The lowest BCUT2D eigenvalue weighted by Crippen LogP contribution is -2.46. The molecule has 0 spiro atoms. The highest BCUT2D eigenvalue weighted by Gasteiger charge is 2.35. The molecule has 0 saturated carbocycles. The number of nitrogens with one attached hydrogen (secondary N) is 1. The first-order chi connectivity index (χ1) is 10.3. The average molecular weight is 376 g/mol. The van der Waals surface area contributed by atoms with Crippen LogP contribution in [0.15, 0.2) is 28.2 Å². The predicted octanol–water partition coefficient (Wildman–Crippen LogP) is 3.96. The van der Waals surface area contributed by atoms with Crippen molar-refractivity contribution < 1.29 is 4.42 Å². The van der Waals surface area contributed by atoms with Gasteiger partial charge < -0.3 is 9.73 Å². The quantitative estimate of drug-likeness (QED) is 0.877. The van der Waals surface area contributed by atoms with Crippen LogP contribution in [0.4, 0.5) is 0 Å². The number of aromatic nitrogens is 1. The Bertz CT molecular complexity index is 592. The van der Waals surface area contributed by atoms with E-state index in [2.05, 4.69) is 22.6 Å². The van der Waals surface area contributed by atoms with E-state index in [9.17, 15) is 0 Å². The van der Waals surface area contributed by atoms with Crippen molar-refractivity contribution in [1.82, 2.24) is 15.2 Å². The first-order valence-corrected chi connectivity index (χ1v) is 8.60. The van der Waals surface area contributed by atoms with Crippen molar-refractivity contribution in [3.05, 3.63) is 29.5 Å². The number of halogens is 2. The molecule has 2 aromatic heterocycles. The van der Waals surface area contributed by atoms with Gasteiger partial charge in [-0.3, -0.25) is 4.90 Å². The van der Waals surface area contributed by atoms with E-state index < -0.39 is 0 Å². The summed E-state index contributed by atoms with van der Waals surface area (Å²) in [5.41, 5.74) is 1.15. The molecule has 4 heterocycles. The molecule has 2 unspecified atom stereocenters. The molecule has 1 N–H and O–H groups in total. The third-order valence-electron chi connectivity index (χ3n) is 4.77. The third-order valence-corrected chi connectivity index (χ3v) is 5.67. The van der Waals surface area contributed by atoms with E-state index in [4.69, 9.17) is 9.40 Å². The Morgan fingerprint density at radius 2 is 2.04 bits per heavy atom. The van der Waals surface area contributed by atoms with E-state index >= 15 is 0 Å². The van der Waals surface area contributed by atoms with Gasteiger partial charge in [-0.05, 0) is 44.9 Å². The molecule has 2 bridgehead atoms. The standard InChI is InChI=1S/C16H21N3OS.2ClH/c1-19(14-7-11-4-5-12(8-14)17-11)9-13-10-21-16(18-13)15-3-2-6-20-15;;/h2-3,6,10-12,14,17H,4-5,7-9H2,1H3;2*1H. The molecule has 2 aromatic rings. The van der Waals surface area contributed by atoms with Crippen molar-refractivity contribution in [1.29, 1.82) is 0 Å². The normalized spacial score (nSPS) is 25.9. The second-order valence-electron chi connectivity index (χ2n) is 6.30. The van der Waals surface area contributed by atoms with Crippen LogP contribution in [0.2, 0.25) is 0 Å². The van der Waals surface area contributed by atoms with Crippen LogP contribution in [0.5, 0.6) is 0 Å². The second-order valence-corrected chi connectivity index (χ2v) is 7.16. The van der Waals surface area contributed by atoms with Crippen LogP contribution in [0.25, 0.3) is 10.8 Å². The zero-order valence-corrected chi connectivity index (χ0v) is 15.6. The minimum Gasteiger partial charge on any atom is -0.462 e. The van der Waals surface area contributed by atoms with Crippen LogP contribution in [-0.2, 0) is 6.54 Å². The zero-order chi connectivity index (χ0) is 14.2. The summed E-state index contributed by atoms with van der Waals surface area (Å²) in [4.78, 5) is 7.19. The van der Waals surface area contributed by atoms with Gasteiger partial charge >= 0.3 is 0 Å². The SMILES string of the molecule is CN(Cc1csc(-c2ccco2)n1)C1CC2CCC(C1)N2.Cl.Cl. The van der Waals surface area contributed by atoms with Gasteiger partial charge in [0.25, 0.3) is 0 Å². The molecule has 4 nitrogen and oxygen atoms in total. The summed E-state index contributed by atoms with van der Waals surface area (Å²) in [6.45, 7) is 0.932. The lowest BCUT2D eigenvalue weighted by molar-refractivity contribution is 0.164. The fourth-order valence-corrected chi connectivity index (χ4v) is 4.44. The Morgan fingerprint density at radius 3 is 2.70 bits per heavy atom. The number of hydrogen-bond acceptors (Lipinski definition) is 5. The molecule has 2 aliphatic rings. The number of fused-ring (bicyclic) bond motifs is 2. The third kappa shape index (κ3) is 4.09. The van der Waals surface area contributed by atoms with Gasteiger partial charge in [0.15, 0.2) is 10.8 Å². The van der Waals surface area contributed by atoms with Gasteiger partial charge in [0.05, 0.1) is 12.0 Å². The van der Waals surface area contributed by atoms with Gasteiger partial charge in [-0.1, -0.05) is 0 Å². The molecule has 7 heteroatoms. The van der Waals surface area contributed by atoms with Crippen LogP contribution >= 0.6 is 36.2 Å². The van der Waals surface area contributed by atoms with Crippen LogP contribution in [0.1, 0.15) is 31.4 Å². The van der Waals surface area contributed by atoms with E-state index in [0.717, 1.165) is 35.1 Å². The van der Waals surface area contributed by atoms with Crippen LogP contribution in [-0.4, -0.2) is 35.1 Å². The molecule has 0 aromatic carbocycles. The van der Waals surface area contributed by atoms with Crippen LogP contribution < -0.4 is 5.32 Å². The Labute approximate surface area is 153 Å². The summed E-state index contributed by atoms with van der Waals surface area (Å²) in [5, 5.41) is 6.85. The van der Waals surface area contributed by atoms with Gasteiger partial charge in [-0.2, -0.15) is 0 Å². The second kappa shape index (κ2) is 7.99. The fourth-order valence-electron chi connectivity index (χ4n) is 3.66. The molecular formula is C16H23Cl2N3OS. The molecule has 2 saturated heterocycles. The van der Waals surface area contributed by atoms with E-state index in [0.29, 0.717) is 6.04 Å². The summed E-state index contributed by atoms with van der Waals surface area (Å²) in [6, 6.07) is 6.05. The highest BCUT2D eigenvalue weighted by atomic mass is 35.5. The Hall–Kier alpha value is -0.590. The summed E-state index contributed by atoms with van der Waals surface area (Å²) in [7, 11) is 2.24. The van der Waals surface area contributed by atoms with Gasteiger partial charge in [-0.25, -0.2) is 4.98 Å². The zero-order valence-electron chi connectivity index (χ0n) is 13.1. The van der Waals surface area contributed by atoms with Crippen molar-refractivity contribution in [2.45, 2.75) is 50.4 Å².